The molecule has 0 unspecified atom stereocenters. The van der Waals surface area contributed by atoms with E-state index >= 15 is 0 Å². The smallest absolute Gasteiger partial charge is 0.246 e. The fourth-order valence-electron chi connectivity index (χ4n) is 1.86. The Kier molecular flexibility index (Phi) is 5.10. The molecule has 2 rings (SSSR count). The Hall–Kier alpha value is -2.62. The van der Waals surface area contributed by atoms with E-state index in [2.05, 4.69) is 4.98 Å². The Labute approximate surface area is 124 Å². The summed E-state index contributed by atoms with van der Waals surface area (Å²) in [5.41, 5.74) is 8.47. The molecular formula is C17H19N3O. The molecule has 2 N–H and O–H groups in total. The third kappa shape index (κ3) is 4.76. The molecule has 0 aliphatic carbocycles. The second-order valence-electron chi connectivity index (χ2n) is 4.87. The molecule has 0 atom stereocenters. The van der Waals surface area contributed by atoms with Crippen LogP contribution in [0.5, 0.6) is 0 Å². The van der Waals surface area contributed by atoms with Gasteiger partial charge in [-0.3, -0.25) is 9.78 Å². The van der Waals surface area contributed by atoms with Crippen LogP contribution in [0.1, 0.15) is 11.1 Å². The van der Waals surface area contributed by atoms with Crippen LogP contribution in [0.4, 0.5) is 5.69 Å². The molecule has 0 bridgehead atoms. The van der Waals surface area contributed by atoms with E-state index in [0.29, 0.717) is 12.2 Å². The zero-order chi connectivity index (χ0) is 15.1. The molecule has 0 aliphatic rings. The predicted molar refractivity (Wildman–Crippen MR) is 85.5 cm³/mol. The van der Waals surface area contributed by atoms with Crippen molar-refractivity contribution in [3.05, 3.63) is 66.0 Å². The van der Waals surface area contributed by atoms with Crippen molar-refractivity contribution in [2.45, 2.75) is 6.42 Å². The highest BCUT2D eigenvalue weighted by molar-refractivity contribution is 5.91. The van der Waals surface area contributed by atoms with Crippen molar-refractivity contribution >= 4 is 17.7 Å². The van der Waals surface area contributed by atoms with Gasteiger partial charge in [-0.25, -0.2) is 0 Å². The van der Waals surface area contributed by atoms with Crippen molar-refractivity contribution in [3.63, 3.8) is 0 Å². The minimum atomic E-state index is -0.0131. The first-order chi connectivity index (χ1) is 10.1. The van der Waals surface area contributed by atoms with Crippen molar-refractivity contribution < 1.29 is 4.79 Å². The largest absolute Gasteiger partial charge is 0.399 e. The molecule has 1 aromatic heterocycles. The number of nitrogens with two attached hydrogens (primary N) is 1. The Balaban J connectivity index is 1.86. The van der Waals surface area contributed by atoms with E-state index in [1.54, 1.807) is 36.5 Å². The average molecular weight is 281 g/mol. The molecule has 4 nitrogen and oxygen atoms in total. The summed E-state index contributed by atoms with van der Waals surface area (Å²) in [7, 11) is 1.80. The second-order valence-corrected chi connectivity index (χ2v) is 4.87. The van der Waals surface area contributed by atoms with Crippen molar-refractivity contribution in [1.82, 2.24) is 9.88 Å². The van der Waals surface area contributed by atoms with Gasteiger partial charge in [-0.1, -0.05) is 12.1 Å². The summed E-state index contributed by atoms with van der Waals surface area (Å²) >= 11 is 0. The number of hydrogen-bond acceptors (Lipinski definition) is 3. The van der Waals surface area contributed by atoms with Crippen LogP contribution in [0, 0.1) is 0 Å². The topological polar surface area (TPSA) is 59.2 Å². The number of likely N-dealkylation sites (N-methyl/N-ethyl adjacent to an activating group) is 1. The minimum absolute atomic E-state index is 0.0131. The maximum Gasteiger partial charge on any atom is 0.246 e. The monoisotopic (exact) mass is 281 g/mol. The van der Waals surface area contributed by atoms with Gasteiger partial charge in [0.2, 0.25) is 5.91 Å². The zero-order valence-corrected chi connectivity index (χ0v) is 12.1. The van der Waals surface area contributed by atoms with Gasteiger partial charge in [0.15, 0.2) is 0 Å². The van der Waals surface area contributed by atoms with Gasteiger partial charge < -0.3 is 10.6 Å². The molecule has 0 spiro atoms. The number of hydrogen-bond donors (Lipinski definition) is 1. The lowest BCUT2D eigenvalue weighted by Crippen LogP contribution is -2.27. The number of carbonyl (C=O) groups excluding carboxylic acids is 1. The van der Waals surface area contributed by atoms with Crippen LogP contribution in [0.15, 0.2) is 54.9 Å². The first-order valence-electron chi connectivity index (χ1n) is 6.83. The fraction of sp³-hybridized carbons (Fsp3) is 0.176. The normalized spacial score (nSPS) is 10.7. The number of benzene rings is 1. The molecule has 0 radical (unpaired) electrons. The maximum atomic E-state index is 12.0. The van der Waals surface area contributed by atoms with Crippen molar-refractivity contribution in [3.8, 4) is 0 Å². The lowest BCUT2D eigenvalue weighted by Gasteiger charge is -2.14. The van der Waals surface area contributed by atoms with E-state index in [4.69, 9.17) is 5.73 Å². The highest BCUT2D eigenvalue weighted by Gasteiger charge is 2.04. The zero-order valence-electron chi connectivity index (χ0n) is 12.1. The van der Waals surface area contributed by atoms with Gasteiger partial charge in [-0.2, -0.15) is 0 Å². The van der Waals surface area contributed by atoms with Crippen LogP contribution < -0.4 is 5.73 Å². The fourth-order valence-corrected chi connectivity index (χ4v) is 1.86. The molecule has 1 amide bonds. The maximum absolute atomic E-state index is 12.0. The van der Waals surface area contributed by atoms with Gasteiger partial charge in [-0.15, -0.1) is 0 Å². The Bertz CT molecular complexity index is 606. The molecule has 1 aromatic carbocycles. The quantitative estimate of drug-likeness (QED) is 0.676. The molecule has 1 heterocycles. The number of rotatable bonds is 5. The van der Waals surface area contributed by atoms with Crippen LogP contribution in [0.2, 0.25) is 0 Å². The standard InChI is InChI=1S/C17H19N3O/c1-20(13-10-15-8-11-19-12-9-15)17(21)7-4-14-2-5-16(18)6-3-14/h2-9,11-12H,10,13,18H2,1H3/b7-4+. The van der Waals surface area contributed by atoms with Crippen molar-refractivity contribution in [2.24, 2.45) is 0 Å². The van der Waals surface area contributed by atoms with Gasteiger partial charge in [0.25, 0.3) is 0 Å². The SMILES string of the molecule is CN(CCc1ccncc1)C(=O)/C=C/c1ccc(N)cc1. The lowest BCUT2D eigenvalue weighted by molar-refractivity contribution is -0.124. The molecular weight excluding hydrogens is 262 g/mol. The Morgan fingerprint density at radius 1 is 1.19 bits per heavy atom. The minimum Gasteiger partial charge on any atom is -0.399 e. The first kappa shape index (κ1) is 14.8. The number of aromatic nitrogens is 1. The third-order valence-corrected chi connectivity index (χ3v) is 3.22. The van der Waals surface area contributed by atoms with E-state index in [-0.39, 0.29) is 5.91 Å². The van der Waals surface area contributed by atoms with E-state index in [0.717, 1.165) is 12.0 Å². The van der Waals surface area contributed by atoms with Crippen molar-refractivity contribution in [1.29, 1.82) is 0 Å². The van der Waals surface area contributed by atoms with E-state index in [1.807, 2.05) is 36.4 Å². The number of amides is 1. The molecule has 4 heteroatoms. The van der Waals surface area contributed by atoms with Gasteiger partial charge >= 0.3 is 0 Å². The van der Waals surface area contributed by atoms with Crippen LogP contribution in [0.25, 0.3) is 6.08 Å². The summed E-state index contributed by atoms with van der Waals surface area (Å²) in [6.45, 7) is 0.676. The molecule has 0 fully saturated rings. The number of pyridine rings is 1. The van der Waals surface area contributed by atoms with Gasteiger partial charge in [0, 0.05) is 37.7 Å². The summed E-state index contributed by atoms with van der Waals surface area (Å²) in [4.78, 5) is 17.7. The Morgan fingerprint density at radius 3 is 2.52 bits per heavy atom. The number of carbonyl (C=O) groups is 1. The van der Waals surface area contributed by atoms with Crippen LogP contribution in [-0.4, -0.2) is 29.4 Å². The predicted octanol–water partition coefficient (Wildman–Crippen LogP) is 2.38. The van der Waals surface area contributed by atoms with Gasteiger partial charge in [0.1, 0.15) is 0 Å². The molecule has 0 saturated heterocycles. The lowest BCUT2D eigenvalue weighted by atomic mass is 10.2. The van der Waals surface area contributed by atoms with Crippen LogP contribution in [0.3, 0.4) is 0 Å². The number of anilines is 1. The van der Waals surface area contributed by atoms with E-state index in [1.165, 1.54) is 5.56 Å². The Morgan fingerprint density at radius 2 is 1.86 bits per heavy atom. The van der Waals surface area contributed by atoms with Crippen LogP contribution in [-0.2, 0) is 11.2 Å². The van der Waals surface area contributed by atoms with E-state index in [9.17, 15) is 4.79 Å². The van der Waals surface area contributed by atoms with Gasteiger partial charge in [0.05, 0.1) is 0 Å². The molecule has 108 valence electrons. The van der Waals surface area contributed by atoms with Crippen molar-refractivity contribution in [2.75, 3.05) is 19.3 Å². The molecule has 0 saturated carbocycles. The summed E-state index contributed by atoms with van der Waals surface area (Å²) < 4.78 is 0. The van der Waals surface area contributed by atoms with Gasteiger partial charge in [-0.05, 0) is 47.9 Å². The van der Waals surface area contributed by atoms with E-state index < -0.39 is 0 Å². The summed E-state index contributed by atoms with van der Waals surface area (Å²) in [5, 5.41) is 0. The number of nitrogens with zero attached hydrogens (tertiary/aromatic N) is 2. The third-order valence-electron chi connectivity index (χ3n) is 3.22. The van der Waals surface area contributed by atoms with Crippen LogP contribution >= 0.6 is 0 Å². The highest BCUT2D eigenvalue weighted by Crippen LogP contribution is 2.07. The summed E-state index contributed by atoms with van der Waals surface area (Å²) in [6.07, 6.45) is 7.72. The molecule has 2 aromatic rings. The summed E-state index contributed by atoms with van der Waals surface area (Å²) in [6, 6.07) is 11.3. The number of nitrogen functional groups attached to an aromatic ring is 1. The average Bonchev–Trinajstić information content (AvgIpc) is 2.52. The highest BCUT2D eigenvalue weighted by atomic mass is 16.2. The first-order valence-corrected chi connectivity index (χ1v) is 6.83. The summed E-state index contributed by atoms with van der Waals surface area (Å²) in [5.74, 6) is -0.0131. The molecule has 21 heavy (non-hydrogen) atoms. The molecule has 0 aliphatic heterocycles. The second kappa shape index (κ2) is 7.24.